The lowest BCUT2D eigenvalue weighted by Gasteiger charge is -2.10. The van der Waals surface area contributed by atoms with Gasteiger partial charge in [0, 0.05) is 13.2 Å². The van der Waals surface area contributed by atoms with Crippen LogP contribution in [-0.2, 0) is 9.53 Å². The highest BCUT2D eigenvalue weighted by Crippen LogP contribution is 2.12. The van der Waals surface area contributed by atoms with E-state index in [4.69, 9.17) is 4.74 Å². The first-order valence-corrected chi connectivity index (χ1v) is 5.09. The molecular weight excluding hydrogens is 225 g/mol. The largest absolute Gasteiger partial charge is 0.405 e. The van der Waals surface area contributed by atoms with Crippen LogP contribution in [0.15, 0.2) is 0 Å². The van der Waals surface area contributed by atoms with E-state index in [0.29, 0.717) is 25.7 Å². The summed E-state index contributed by atoms with van der Waals surface area (Å²) in [4.78, 5) is 11.0. The van der Waals surface area contributed by atoms with Crippen molar-refractivity contribution in [2.75, 3.05) is 32.8 Å². The molecule has 0 radical (unpaired) electrons. The average molecular weight is 240 g/mol. The maximum absolute atomic E-state index is 11.7. The van der Waals surface area contributed by atoms with Gasteiger partial charge in [0.2, 0.25) is 5.91 Å². The van der Waals surface area contributed by atoms with Crippen molar-refractivity contribution in [1.29, 1.82) is 0 Å². The summed E-state index contributed by atoms with van der Waals surface area (Å²) in [5.74, 6) is -0.286. The third-order valence-electron chi connectivity index (χ3n) is 2.23. The number of halogens is 3. The number of hydrogen-bond acceptors (Lipinski definition) is 3. The van der Waals surface area contributed by atoms with Crippen LogP contribution < -0.4 is 10.6 Å². The first kappa shape index (κ1) is 13.2. The number of amides is 1. The van der Waals surface area contributed by atoms with Crippen molar-refractivity contribution >= 4 is 5.91 Å². The zero-order chi connectivity index (χ0) is 12.0. The molecule has 1 fully saturated rings. The average Bonchev–Trinajstić information content (AvgIpc) is 2.66. The molecule has 1 saturated heterocycles. The van der Waals surface area contributed by atoms with E-state index < -0.39 is 18.6 Å². The summed E-state index contributed by atoms with van der Waals surface area (Å²) in [6, 6.07) is 0. The molecule has 7 heteroatoms. The Morgan fingerprint density at radius 3 is 2.75 bits per heavy atom. The molecule has 1 amide bonds. The van der Waals surface area contributed by atoms with Crippen LogP contribution in [0.2, 0.25) is 0 Å². The Morgan fingerprint density at radius 1 is 1.44 bits per heavy atom. The van der Waals surface area contributed by atoms with Crippen molar-refractivity contribution in [1.82, 2.24) is 10.6 Å². The van der Waals surface area contributed by atoms with Gasteiger partial charge in [-0.05, 0) is 12.3 Å². The van der Waals surface area contributed by atoms with Gasteiger partial charge in [-0.25, -0.2) is 0 Å². The Bertz CT molecular complexity index is 227. The van der Waals surface area contributed by atoms with E-state index in [0.717, 1.165) is 6.42 Å². The Kier molecular flexibility index (Phi) is 5.01. The van der Waals surface area contributed by atoms with Crippen LogP contribution in [0.25, 0.3) is 0 Å². The number of carbonyl (C=O) groups excluding carboxylic acids is 1. The molecular formula is C9H15F3N2O2. The second-order valence-corrected chi connectivity index (χ2v) is 3.75. The van der Waals surface area contributed by atoms with Crippen LogP contribution in [0.5, 0.6) is 0 Å². The van der Waals surface area contributed by atoms with E-state index in [1.807, 2.05) is 0 Å². The number of ether oxygens (including phenoxy) is 1. The molecule has 4 nitrogen and oxygen atoms in total. The monoisotopic (exact) mass is 240 g/mol. The summed E-state index contributed by atoms with van der Waals surface area (Å²) < 4.78 is 40.3. The quantitative estimate of drug-likeness (QED) is 0.726. The van der Waals surface area contributed by atoms with Gasteiger partial charge in [0.1, 0.15) is 6.54 Å². The lowest BCUT2D eigenvalue weighted by Crippen LogP contribution is -2.40. The van der Waals surface area contributed by atoms with Gasteiger partial charge in [0.05, 0.1) is 13.2 Å². The highest BCUT2D eigenvalue weighted by atomic mass is 19.4. The van der Waals surface area contributed by atoms with Crippen LogP contribution >= 0.6 is 0 Å². The summed E-state index contributed by atoms with van der Waals surface area (Å²) in [5, 5.41) is 4.59. The van der Waals surface area contributed by atoms with Gasteiger partial charge in [-0.15, -0.1) is 0 Å². The summed E-state index contributed by atoms with van der Waals surface area (Å²) in [5.41, 5.74) is 0. The lowest BCUT2D eigenvalue weighted by molar-refractivity contribution is -0.137. The van der Waals surface area contributed by atoms with Crippen LogP contribution in [0, 0.1) is 5.92 Å². The minimum Gasteiger partial charge on any atom is -0.381 e. The van der Waals surface area contributed by atoms with Gasteiger partial charge < -0.3 is 15.4 Å². The molecule has 1 aliphatic heterocycles. The van der Waals surface area contributed by atoms with E-state index in [9.17, 15) is 18.0 Å². The standard InChI is InChI=1S/C9H15F3N2O2/c10-9(11,12)6-14-8(15)4-13-3-7-1-2-16-5-7/h7,13H,1-6H2,(H,14,15). The predicted octanol–water partition coefficient (Wildman–Crippen LogP) is 0.291. The molecule has 0 aromatic heterocycles. The van der Waals surface area contributed by atoms with Crippen molar-refractivity contribution < 1.29 is 22.7 Å². The van der Waals surface area contributed by atoms with E-state index in [1.54, 1.807) is 5.32 Å². The minimum absolute atomic E-state index is 0.0907. The smallest absolute Gasteiger partial charge is 0.381 e. The first-order chi connectivity index (χ1) is 7.47. The fourth-order valence-corrected chi connectivity index (χ4v) is 1.40. The molecule has 1 rings (SSSR count). The molecule has 0 aromatic carbocycles. The van der Waals surface area contributed by atoms with Gasteiger partial charge in [-0.1, -0.05) is 0 Å². The topological polar surface area (TPSA) is 50.4 Å². The third-order valence-corrected chi connectivity index (χ3v) is 2.23. The van der Waals surface area contributed by atoms with E-state index in [-0.39, 0.29) is 6.54 Å². The lowest BCUT2D eigenvalue weighted by atomic mass is 10.1. The number of hydrogen-bond donors (Lipinski definition) is 2. The molecule has 1 unspecified atom stereocenters. The molecule has 1 atom stereocenters. The van der Waals surface area contributed by atoms with Gasteiger partial charge in [0.25, 0.3) is 0 Å². The third kappa shape index (κ3) is 5.92. The van der Waals surface area contributed by atoms with Gasteiger partial charge in [0.15, 0.2) is 0 Å². The minimum atomic E-state index is -4.35. The Hall–Kier alpha value is -0.820. The van der Waals surface area contributed by atoms with Gasteiger partial charge in [-0.2, -0.15) is 13.2 Å². The van der Waals surface area contributed by atoms with E-state index in [1.165, 1.54) is 0 Å². The second kappa shape index (κ2) is 6.05. The number of rotatable bonds is 5. The zero-order valence-electron chi connectivity index (χ0n) is 8.77. The Labute approximate surface area is 91.5 Å². The van der Waals surface area contributed by atoms with Crippen molar-refractivity contribution in [3.63, 3.8) is 0 Å². The Balaban J connectivity index is 2.01. The van der Waals surface area contributed by atoms with Crippen molar-refractivity contribution in [3.8, 4) is 0 Å². The van der Waals surface area contributed by atoms with Crippen LogP contribution in [0.1, 0.15) is 6.42 Å². The fraction of sp³-hybridized carbons (Fsp3) is 0.889. The van der Waals surface area contributed by atoms with E-state index >= 15 is 0 Å². The fourth-order valence-electron chi connectivity index (χ4n) is 1.40. The SMILES string of the molecule is O=C(CNCC1CCOC1)NCC(F)(F)F. The Morgan fingerprint density at radius 2 is 2.19 bits per heavy atom. The molecule has 0 saturated carbocycles. The number of carbonyl (C=O) groups is 1. The highest BCUT2D eigenvalue weighted by molar-refractivity contribution is 5.77. The molecule has 0 bridgehead atoms. The molecule has 94 valence electrons. The molecule has 0 aromatic rings. The van der Waals surface area contributed by atoms with Gasteiger partial charge >= 0.3 is 6.18 Å². The summed E-state index contributed by atoms with van der Waals surface area (Å²) >= 11 is 0. The first-order valence-electron chi connectivity index (χ1n) is 5.09. The number of alkyl halides is 3. The summed E-state index contributed by atoms with van der Waals surface area (Å²) in [6.45, 7) is 0.593. The van der Waals surface area contributed by atoms with Crippen LogP contribution in [-0.4, -0.2) is 44.9 Å². The van der Waals surface area contributed by atoms with Crippen molar-refractivity contribution in [2.24, 2.45) is 5.92 Å². The van der Waals surface area contributed by atoms with Crippen LogP contribution in [0.4, 0.5) is 13.2 Å². The molecule has 2 N–H and O–H groups in total. The molecule has 0 aliphatic carbocycles. The second-order valence-electron chi connectivity index (χ2n) is 3.75. The zero-order valence-corrected chi connectivity index (χ0v) is 8.77. The van der Waals surface area contributed by atoms with Crippen molar-refractivity contribution in [2.45, 2.75) is 12.6 Å². The van der Waals surface area contributed by atoms with Crippen LogP contribution in [0.3, 0.4) is 0 Å². The summed E-state index contributed by atoms with van der Waals surface area (Å²) in [6.07, 6.45) is -3.42. The maximum Gasteiger partial charge on any atom is 0.405 e. The molecule has 1 aliphatic rings. The molecule has 1 heterocycles. The van der Waals surface area contributed by atoms with Gasteiger partial charge in [-0.3, -0.25) is 4.79 Å². The molecule has 0 spiro atoms. The molecule has 16 heavy (non-hydrogen) atoms. The van der Waals surface area contributed by atoms with E-state index in [2.05, 4.69) is 5.32 Å². The number of nitrogens with one attached hydrogen (secondary N) is 2. The highest BCUT2D eigenvalue weighted by Gasteiger charge is 2.27. The van der Waals surface area contributed by atoms with Crippen molar-refractivity contribution in [3.05, 3.63) is 0 Å². The maximum atomic E-state index is 11.7. The summed E-state index contributed by atoms with van der Waals surface area (Å²) in [7, 11) is 0. The normalized spacial score (nSPS) is 21.1. The predicted molar refractivity (Wildman–Crippen MR) is 50.9 cm³/mol.